The largest absolute Gasteiger partial charge is 0.353 e. The smallest absolute Gasteiger partial charge is 0.252 e. The zero-order chi connectivity index (χ0) is 14.8. The molecular weight excluding hydrogens is 266 g/mol. The van der Waals surface area contributed by atoms with Crippen LogP contribution >= 0.6 is 0 Å². The van der Waals surface area contributed by atoms with Crippen LogP contribution in [0.15, 0.2) is 6.07 Å². The summed E-state index contributed by atoms with van der Waals surface area (Å²) in [4.78, 5) is 20.8. The lowest BCUT2D eigenvalue weighted by Gasteiger charge is -2.22. The quantitative estimate of drug-likeness (QED) is 0.933. The van der Waals surface area contributed by atoms with Crippen molar-refractivity contribution in [3.63, 3.8) is 0 Å². The zero-order valence-electron chi connectivity index (χ0n) is 12.6. The Morgan fingerprint density at radius 2 is 2.05 bits per heavy atom. The van der Waals surface area contributed by atoms with Crippen molar-refractivity contribution >= 4 is 11.7 Å². The fourth-order valence-electron chi connectivity index (χ4n) is 2.95. The molecule has 2 aromatic heterocycles. The second-order valence-corrected chi connectivity index (χ2v) is 5.86. The van der Waals surface area contributed by atoms with E-state index in [0.29, 0.717) is 17.6 Å². The predicted octanol–water partition coefficient (Wildman–Crippen LogP) is 1.73. The molecule has 3 rings (SSSR count). The Labute approximate surface area is 124 Å². The molecule has 0 unspecified atom stereocenters. The first-order valence-corrected chi connectivity index (χ1v) is 7.61. The number of hydrogen-bond acceptors (Lipinski definition) is 4. The van der Waals surface area contributed by atoms with Crippen LogP contribution in [-0.4, -0.2) is 31.5 Å². The number of rotatable bonds is 3. The van der Waals surface area contributed by atoms with Crippen LogP contribution in [-0.2, 0) is 11.2 Å². The molecule has 0 saturated heterocycles. The van der Waals surface area contributed by atoms with Gasteiger partial charge in [-0.05, 0) is 32.8 Å². The molecule has 1 saturated carbocycles. The van der Waals surface area contributed by atoms with Gasteiger partial charge in [0.1, 0.15) is 0 Å². The molecule has 6 nitrogen and oxygen atoms in total. The molecule has 0 aromatic carbocycles. The topological polar surface area (TPSA) is 72.2 Å². The summed E-state index contributed by atoms with van der Waals surface area (Å²) >= 11 is 0. The second kappa shape index (κ2) is 5.79. The minimum absolute atomic E-state index is 0.00665. The van der Waals surface area contributed by atoms with Crippen molar-refractivity contribution < 1.29 is 4.79 Å². The van der Waals surface area contributed by atoms with Gasteiger partial charge in [0, 0.05) is 17.4 Å². The van der Waals surface area contributed by atoms with Gasteiger partial charge in [0.05, 0.1) is 6.42 Å². The molecule has 6 heteroatoms. The number of aromatic nitrogens is 4. The molecular formula is C15H21N5O. The van der Waals surface area contributed by atoms with E-state index >= 15 is 0 Å². The van der Waals surface area contributed by atoms with Gasteiger partial charge >= 0.3 is 0 Å². The van der Waals surface area contributed by atoms with Crippen LogP contribution in [0.1, 0.15) is 49.3 Å². The summed E-state index contributed by atoms with van der Waals surface area (Å²) in [6, 6.07) is 2.28. The molecule has 1 amide bonds. The molecule has 1 aliphatic rings. The van der Waals surface area contributed by atoms with Crippen LogP contribution in [0.3, 0.4) is 0 Å². The van der Waals surface area contributed by atoms with Crippen LogP contribution in [0, 0.1) is 13.8 Å². The van der Waals surface area contributed by atoms with E-state index < -0.39 is 0 Å². The summed E-state index contributed by atoms with van der Waals surface area (Å²) in [7, 11) is 0. The number of aryl methyl sites for hydroxylation is 2. The van der Waals surface area contributed by atoms with Crippen molar-refractivity contribution in [3.8, 4) is 0 Å². The molecule has 0 atom stereocenters. The summed E-state index contributed by atoms with van der Waals surface area (Å²) in [5.74, 6) is 1.10. The SMILES string of the molecule is Cc1cc(C)n2nc(CC(=O)NC3CCCCC3)nc2n1. The molecule has 1 aliphatic carbocycles. The van der Waals surface area contributed by atoms with Crippen LogP contribution < -0.4 is 5.32 Å². The van der Waals surface area contributed by atoms with Crippen LogP contribution in [0.4, 0.5) is 0 Å². The minimum Gasteiger partial charge on any atom is -0.353 e. The minimum atomic E-state index is 0.00665. The molecule has 0 bridgehead atoms. The predicted molar refractivity (Wildman–Crippen MR) is 79.0 cm³/mol. The normalized spacial score (nSPS) is 16.3. The van der Waals surface area contributed by atoms with Gasteiger partial charge in [-0.1, -0.05) is 19.3 Å². The van der Waals surface area contributed by atoms with E-state index in [0.717, 1.165) is 24.2 Å². The highest BCUT2D eigenvalue weighted by Crippen LogP contribution is 2.17. The Balaban J connectivity index is 1.69. The summed E-state index contributed by atoms with van der Waals surface area (Å²) < 4.78 is 1.69. The van der Waals surface area contributed by atoms with Crippen molar-refractivity contribution in [2.24, 2.45) is 0 Å². The van der Waals surface area contributed by atoms with Crippen molar-refractivity contribution in [3.05, 3.63) is 23.3 Å². The zero-order valence-corrected chi connectivity index (χ0v) is 12.6. The molecule has 0 radical (unpaired) electrons. The molecule has 1 N–H and O–H groups in total. The van der Waals surface area contributed by atoms with Gasteiger partial charge in [0.15, 0.2) is 5.82 Å². The first kappa shape index (κ1) is 14.0. The highest BCUT2D eigenvalue weighted by Gasteiger charge is 2.17. The Kier molecular flexibility index (Phi) is 3.86. The maximum absolute atomic E-state index is 12.1. The molecule has 0 aliphatic heterocycles. The van der Waals surface area contributed by atoms with E-state index in [1.54, 1.807) is 4.52 Å². The fourth-order valence-corrected chi connectivity index (χ4v) is 2.95. The molecule has 0 spiro atoms. The Morgan fingerprint density at radius 1 is 1.29 bits per heavy atom. The number of carbonyl (C=O) groups is 1. The van der Waals surface area contributed by atoms with E-state index in [2.05, 4.69) is 20.4 Å². The maximum atomic E-state index is 12.1. The standard InChI is InChI=1S/C15H21N5O/c1-10-8-11(2)20-15(16-10)18-13(19-20)9-14(21)17-12-6-4-3-5-7-12/h8,12H,3-7,9H2,1-2H3,(H,17,21). The molecule has 1 fully saturated rings. The summed E-state index contributed by atoms with van der Waals surface area (Å²) in [5.41, 5.74) is 1.88. The first-order chi connectivity index (χ1) is 10.1. The van der Waals surface area contributed by atoms with Gasteiger partial charge in [-0.15, -0.1) is 5.10 Å². The molecule has 2 aromatic rings. The van der Waals surface area contributed by atoms with E-state index in [-0.39, 0.29) is 12.3 Å². The number of fused-ring (bicyclic) bond motifs is 1. The Hall–Kier alpha value is -1.98. The van der Waals surface area contributed by atoms with Crippen molar-refractivity contribution in [2.45, 2.75) is 58.4 Å². The van der Waals surface area contributed by atoms with E-state index in [1.807, 2.05) is 19.9 Å². The molecule has 112 valence electrons. The third kappa shape index (κ3) is 3.20. The lowest BCUT2D eigenvalue weighted by atomic mass is 9.95. The monoisotopic (exact) mass is 287 g/mol. The summed E-state index contributed by atoms with van der Waals surface area (Å²) in [5, 5.41) is 7.46. The second-order valence-electron chi connectivity index (χ2n) is 5.86. The lowest BCUT2D eigenvalue weighted by molar-refractivity contribution is -0.121. The van der Waals surface area contributed by atoms with E-state index in [4.69, 9.17) is 0 Å². The fraction of sp³-hybridized carbons (Fsp3) is 0.600. The van der Waals surface area contributed by atoms with Gasteiger partial charge in [-0.25, -0.2) is 9.50 Å². The van der Waals surface area contributed by atoms with Crippen LogP contribution in [0.2, 0.25) is 0 Å². The van der Waals surface area contributed by atoms with Crippen LogP contribution in [0.5, 0.6) is 0 Å². The third-order valence-corrected chi connectivity index (χ3v) is 3.95. The average molecular weight is 287 g/mol. The number of amides is 1. The van der Waals surface area contributed by atoms with Gasteiger partial charge in [0.2, 0.25) is 5.91 Å². The van der Waals surface area contributed by atoms with E-state index in [1.165, 1.54) is 19.3 Å². The number of hydrogen-bond donors (Lipinski definition) is 1. The van der Waals surface area contributed by atoms with Gasteiger partial charge in [0.25, 0.3) is 5.78 Å². The van der Waals surface area contributed by atoms with Crippen molar-refractivity contribution in [1.29, 1.82) is 0 Å². The van der Waals surface area contributed by atoms with Gasteiger partial charge in [-0.3, -0.25) is 4.79 Å². The molecule has 2 heterocycles. The Bertz CT molecular complexity index is 657. The van der Waals surface area contributed by atoms with Crippen molar-refractivity contribution in [2.75, 3.05) is 0 Å². The highest BCUT2D eigenvalue weighted by atomic mass is 16.1. The van der Waals surface area contributed by atoms with Gasteiger partial charge < -0.3 is 5.32 Å². The van der Waals surface area contributed by atoms with Crippen LogP contribution in [0.25, 0.3) is 5.78 Å². The summed E-state index contributed by atoms with van der Waals surface area (Å²) in [6.45, 7) is 3.89. The first-order valence-electron chi connectivity index (χ1n) is 7.61. The lowest BCUT2D eigenvalue weighted by Crippen LogP contribution is -2.37. The average Bonchev–Trinajstić information content (AvgIpc) is 2.82. The van der Waals surface area contributed by atoms with E-state index in [9.17, 15) is 4.79 Å². The highest BCUT2D eigenvalue weighted by molar-refractivity contribution is 5.78. The van der Waals surface area contributed by atoms with Gasteiger partial charge in [-0.2, -0.15) is 4.98 Å². The summed E-state index contributed by atoms with van der Waals surface area (Å²) in [6.07, 6.45) is 6.09. The maximum Gasteiger partial charge on any atom is 0.252 e. The van der Waals surface area contributed by atoms with Crippen molar-refractivity contribution in [1.82, 2.24) is 24.9 Å². The number of nitrogens with one attached hydrogen (secondary N) is 1. The number of nitrogens with zero attached hydrogens (tertiary/aromatic N) is 4. The molecule has 21 heavy (non-hydrogen) atoms. The number of carbonyl (C=O) groups excluding carboxylic acids is 1. The third-order valence-electron chi connectivity index (χ3n) is 3.95. The Morgan fingerprint density at radius 3 is 2.81 bits per heavy atom.